The van der Waals surface area contributed by atoms with E-state index in [1.54, 1.807) is 31.2 Å². The van der Waals surface area contributed by atoms with E-state index in [0.717, 1.165) is 29.7 Å². The first-order valence-electron chi connectivity index (χ1n) is 9.64. The molecule has 1 aromatic carbocycles. The lowest BCUT2D eigenvalue weighted by Crippen LogP contribution is -2.24. The number of esters is 1. The number of benzene rings is 1. The van der Waals surface area contributed by atoms with Gasteiger partial charge in [-0.1, -0.05) is 19.1 Å². The summed E-state index contributed by atoms with van der Waals surface area (Å²) in [6, 6.07) is 6.73. The fourth-order valence-corrected chi connectivity index (χ4v) is 4.87. The lowest BCUT2D eigenvalue weighted by Gasteiger charge is -2.18. The third kappa shape index (κ3) is 4.76. The molecule has 1 aliphatic carbocycles. The SMILES string of the molecule is CCOC(=O)c1c(NC(=O)CNc2ccccc2C(N)=O)sc2c1CCC(C)C2. The van der Waals surface area contributed by atoms with Crippen molar-refractivity contribution in [1.29, 1.82) is 0 Å². The minimum absolute atomic E-state index is 0.0640. The first kappa shape index (κ1) is 20.9. The Labute approximate surface area is 173 Å². The van der Waals surface area contributed by atoms with Crippen molar-refractivity contribution in [3.63, 3.8) is 0 Å². The highest BCUT2D eigenvalue weighted by atomic mass is 32.1. The van der Waals surface area contributed by atoms with Crippen molar-refractivity contribution < 1.29 is 19.1 Å². The van der Waals surface area contributed by atoms with E-state index in [1.807, 2.05) is 0 Å². The molecule has 1 aliphatic rings. The average Bonchev–Trinajstić information content (AvgIpc) is 3.03. The summed E-state index contributed by atoms with van der Waals surface area (Å²) in [5.41, 5.74) is 7.63. The Morgan fingerprint density at radius 1 is 1.28 bits per heavy atom. The molecule has 0 saturated heterocycles. The number of rotatable bonds is 7. The third-order valence-electron chi connectivity index (χ3n) is 4.88. The molecule has 154 valence electrons. The Morgan fingerprint density at radius 3 is 2.76 bits per heavy atom. The summed E-state index contributed by atoms with van der Waals surface area (Å²) in [5, 5.41) is 6.30. The summed E-state index contributed by atoms with van der Waals surface area (Å²) < 4.78 is 5.22. The summed E-state index contributed by atoms with van der Waals surface area (Å²) in [5.74, 6) is -0.742. The van der Waals surface area contributed by atoms with Gasteiger partial charge in [-0.15, -0.1) is 11.3 Å². The summed E-state index contributed by atoms with van der Waals surface area (Å²) in [6.45, 7) is 4.16. The van der Waals surface area contributed by atoms with E-state index in [-0.39, 0.29) is 19.1 Å². The van der Waals surface area contributed by atoms with Crippen LogP contribution in [-0.2, 0) is 22.4 Å². The molecule has 0 aliphatic heterocycles. The zero-order valence-corrected chi connectivity index (χ0v) is 17.4. The minimum atomic E-state index is -0.571. The van der Waals surface area contributed by atoms with E-state index in [1.165, 1.54) is 11.3 Å². The van der Waals surface area contributed by atoms with Crippen LogP contribution in [0.3, 0.4) is 0 Å². The first-order valence-corrected chi connectivity index (χ1v) is 10.5. The molecule has 1 heterocycles. The summed E-state index contributed by atoms with van der Waals surface area (Å²) in [4.78, 5) is 37.7. The summed E-state index contributed by atoms with van der Waals surface area (Å²) in [6.07, 6.45) is 2.71. The maximum Gasteiger partial charge on any atom is 0.341 e. The summed E-state index contributed by atoms with van der Waals surface area (Å²) in [7, 11) is 0. The van der Waals surface area contributed by atoms with Gasteiger partial charge in [-0.3, -0.25) is 9.59 Å². The van der Waals surface area contributed by atoms with Gasteiger partial charge in [-0.2, -0.15) is 0 Å². The molecule has 0 saturated carbocycles. The maximum absolute atomic E-state index is 12.5. The number of anilines is 2. The molecule has 2 aromatic rings. The quantitative estimate of drug-likeness (QED) is 0.602. The molecule has 4 N–H and O–H groups in total. The topological polar surface area (TPSA) is 111 Å². The van der Waals surface area contributed by atoms with Crippen LogP contribution in [0.5, 0.6) is 0 Å². The van der Waals surface area contributed by atoms with Crippen LogP contribution in [0.1, 0.15) is 51.4 Å². The van der Waals surface area contributed by atoms with Gasteiger partial charge >= 0.3 is 5.97 Å². The molecule has 3 rings (SSSR count). The predicted octanol–water partition coefficient (Wildman–Crippen LogP) is 3.20. The molecule has 0 radical (unpaired) electrons. The van der Waals surface area contributed by atoms with Gasteiger partial charge in [0.1, 0.15) is 5.00 Å². The highest BCUT2D eigenvalue weighted by Gasteiger charge is 2.29. The van der Waals surface area contributed by atoms with Crippen LogP contribution < -0.4 is 16.4 Å². The molecule has 1 atom stereocenters. The molecule has 29 heavy (non-hydrogen) atoms. The van der Waals surface area contributed by atoms with Gasteiger partial charge in [0.15, 0.2) is 0 Å². The van der Waals surface area contributed by atoms with E-state index in [9.17, 15) is 14.4 Å². The number of amides is 2. The Balaban J connectivity index is 1.76. The molecule has 1 aromatic heterocycles. The number of ether oxygens (including phenoxy) is 1. The molecule has 0 fully saturated rings. The number of carbonyl (C=O) groups excluding carboxylic acids is 3. The second-order valence-electron chi connectivity index (χ2n) is 7.09. The van der Waals surface area contributed by atoms with Crippen LogP contribution in [0, 0.1) is 5.92 Å². The fraction of sp³-hybridized carbons (Fsp3) is 0.381. The van der Waals surface area contributed by atoms with Crippen LogP contribution in [0.25, 0.3) is 0 Å². The Bertz CT molecular complexity index is 938. The van der Waals surface area contributed by atoms with Gasteiger partial charge in [0.25, 0.3) is 5.91 Å². The maximum atomic E-state index is 12.5. The molecular weight excluding hydrogens is 390 g/mol. The average molecular weight is 416 g/mol. The first-order chi connectivity index (χ1) is 13.9. The summed E-state index contributed by atoms with van der Waals surface area (Å²) >= 11 is 1.44. The standard InChI is InChI=1S/C21H25N3O4S/c1-3-28-21(27)18-14-9-8-12(2)10-16(14)29-20(18)24-17(25)11-23-15-7-5-4-6-13(15)19(22)26/h4-7,12,23H,3,8-11H2,1-2H3,(H2,22,26)(H,24,25). The van der Waals surface area contributed by atoms with Crippen molar-refractivity contribution in [3.05, 3.63) is 45.8 Å². The second kappa shape index (κ2) is 9.09. The Morgan fingerprint density at radius 2 is 2.03 bits per heavy atom. The molecule has 8 heteroatoms. The number of thiophene rings is 1. The van der Waals surface area contributed by atoms with Gasteiger partial charge in [-0.05, 0) is 49.8 Å². The Hall–Kier alpha value is -2.87. The number of hydrogen-bond donors (Lipinski definition) is 3. The number of nitrogens with two attached hydrogens (primary N) is 1. The lowest BCUT2D eigenvalue weighted by molar-refractivity contribution is -0.114. The van der Waals surface area contributed by atoms with Crippen molar-refractivity contribution in [1.82, 2.24) is 0 Å². The monoisotopic (exact) mass is 415 g/mol. The second-order valence-corrected chi connectivity index (χ2v) is 8.19. The largest absolute Gasteiger partial charge is 0.462 e. The van der Waals surface area contributed by atoms with Crippen LogP contribution in [0.4, 0.5) is 10.7 Å². The van der Waals surface area contributed by atoms with Crippen LogP contribution >= 0.6 is 11.3 Å². The number of para-hydroxylation sites is 1. The molecule has 0 bridgehead atoms. The third-order valence-corrected chi connectivity index (χ3v) is 6.05. The van der Waals surface area contributed by atoms with E-state index < -0.39 is 11.9 Å². The fourth-order valence-electron chi connectivity index (χ4n) is 3.46. The normalized spacial score (nSPS) is 15.3. The number of carbonyl (C=O) groups is 3. The minimum Gasteiger partial charge on any atom is -0.462 e. The molecular formula is C21H25N3O4S. The zero-order valence-electron chi connectivity index (χ0n) is 16.5. The van der Waals surface area contributed by atoms with Crippen molar-refractivity contribution in [3.8, 4) is 0 Å². The smallest absolute Gasteiger partial charge is 0.341 e. The number of hydrogen-bond acceptors (Lipinski definition) is 6. The van der Waals surface area contributed by atoms with Crippen LogP contribution in [-0.4, -0.2) is 30.9 Å². The van der Waals surface area contributed by atoms with Crippen LogP contribution in [0.15, 0.2) is 24.3 Å². The zero-order chi connectivity index (χ0) is 21.0. The molecule has 2 amide bonds. The molecule has 0 spiro atoms. The van der Waals surface area contributed by atoms with Crippen molar-refractivity contribution in [2.45, 2.75) is 33.1 Å². The van der Waals surface area contributed by atoms with E-state index in [2.05, 4.69) is 17.6 Å². The number of primary amides is 1. The Kier molecular flexibility index (Phi) is 6.53. The van der Waals surface area contributed by atoms with Crippen molar-refractivity contribution in [2.24, 2.45) is 11.7 Å². The van der Waals surface area contributed by atoms with E-state index in [0.29, 0.717) is 27.7 Å². The predicted molar refractivity (Wildman–Crippen MR) is 114 cm³/mol. The number of nitrogens with one attached hydrogen (secondary N) is 2. The van der Waals surface area contributed by atoms with Gasteiger partial charge < -0.3 is 21.1 Å². The number of fused-ring (bicyclic) bond motifs is 1. The van der Waals surface area contributed by atoms with Crippen LogP contribution in [0.2, 0.25) is 0 Å². The van der Waals surface area contributed by atoms with Gasteiger partial charge in [0, 0.05) is 10.6 Å². The van der Waals surface area contributed by atoms with E-state index >= 15 is 0 Å². The van der Waals surface area contributed by atoms with Gasteiger partial charge in [-0.25, -0.2) is 4.79 Å². The lowest BCUT2D eigenvalue weighted by atomic mass is 9.88. The highest BCUT2D eigenvalue weighted by molar-refractivity contribution is 7.17. The van der Waals surface area contributed by atoms with Gasteiger partial charge in [0.2, 0.25) is 5.91 Å². The van der Waals surface area contributed by atoms with Gasteiger partial charge in [0.05, 0.1) is 24.3 Å². The van der Waals surface area contributed by atoms with E-state index in [4.69, 9.17) is 10.5 Å². The van der Waals surface area contributed by atoms with Crippen molar-refractivity contribution >= 4 is 39.8 Å². The van der Waals surface area contributed by atoms with Crippen molar-refractivity contribution in [2.75, 3.05) is 23.8 Å². The molecule has 1 unspecified atom stereocenters. The molecule has 7 nitrogen and oxygen atoms in total. The highest BCUT2D eigenvalue weighted by Crippen LogP contribution is 2.40.